The van der Waals surface area contributed by atoms with Gasteiger partial charge in [-0.1, -0.05) is 12.1 Å². The Kier molecular flexibility index (Phi) is 3.78. The Balaban J connectivity index is 2.51. The summed E-state index contributed by atoms with van der Waals surface area (Å²) in [7, 11) is -2.48. The lowest BCUT2D eigenvalue weighted by atomic mass is 10.2. The van der Waals surface area contributed by atoms with Gasteiger partial charge in [-0.3, -0.25) is 4.31 Å². The largest absolute Gasteiger partial charge is 0.478 e. The number of anilines is 1. The van der Waals surface area contributed by atoms with Gasteiger partial charge >= 0.3 is 5.97 Å². The lowest BCUT2D eigenvalue weighted by Crippen LogP contribution is -2.27. The van der Waals surface area contributed by atoms with E-state index in [9.17, 15) is 13.2 Å². The second kappa shape index (κ2) is 5.22. The maximum atomic E-state index is 12.4. The molecule has 0 fully saturated rings. The molecular formula is C12H12N2O4S2. The molecule has 0 spiro atoms. The zero-order chi connectivity index (χ0) is 14.9. The Hall–Kier alpha value is -1.93. The lowest BCUT2D eigenvalue weighted by Gasteiger charge is -2.19. The van der Waals surface area contributed by atoms with Crippen molar-refractivity contribution in [3.8, 4) is 0 Å². The first-order chi connectivity index (χ1) is 9.34. The van der Waals surface area contributed by atoms with E-state index in [0.29, 0.717) is 5.01 Å². The van der Waals surface area contributed by atoms with Crippen molar-refractivity contribution < 1.29 is 18.3 Å². The number of hydrogen-bond acceptors (Lipinski definition) is 5. The summed E-state index contributed by atoms with van der Waals surface area (Å²) in [4.78, 5) is 15.1. The Labute approximate surface area is 120 Å². The number of aryl methyl sites for hydroxylation is 1. The minimum atomic E-state index is -3.80. The molecule has 2 rings (SSSR count). The van der Waals surface area contributed by atoms with Gasteiger partial charge in [0.05, 0.1) is 22.5 Å². The van der Waals surface area contributed by atoms with Crippen LogP contribution in [-0.2, 0) is 10.0 Å². The molecule has 0 saturated heterocycles. The van der Waals surface area contributed by atoms with Crippen LogP contribution >= 0.6 is 11.3 Å². The molecule has 1 aromatic carbocycles. The third-order valence-electron chi connectivity index (χ3n) is 2.69. The number of carboxylic acid groups (broad SMARTS) is 1. The van der Waals surface area contributed by atoms with Gasteiger partial charge in [0, 0.05) is 7.05 Å². The maximum absolute atomic E-state index is 12.4. The van der Waals surface area contributed by atoms with Gasteiger partial charge in [-0.25, -0.2) is 18.2 Å². The van der Waals surface area contributed by atoms with Gasteiger partial charge in [-0.05, 0) is 19.1 Å². The van der Waals surface area contributed by atoms with E-state index in [4.69, 9.17) is 5.11 Å². The molecule has 8 heteroatoms. The zero-order valence-electron chi connectivity index (χ0n) is 10.8. The molecule has 0 saturated carbocycles. The van der Waals surface area contributed by atoms with Crippen molar-refractivity contribution in [3.05, 3.63) is 41.0 Å². The molecule has 0 bridgehead atoms. The van der Waals surface area contributed by atoms with E-state index in [1.54, 1.807) is 19.1 Å². The summed E-state index contributed by atoms with van der Waals surface area (Å²) in [6, 6.07) is 5.95. The zero-order valence-corrected chi connectivity index (χ0v) is 12.4. The summed E-state index contributed by atoms with van der Waals surface area (Å²) in [6.07, 6.45) is 1.27. The molecule has 1 aromatic heterocycles. The van der Waals surface area contributed by atoms with Crippen LogP contribution in [0.25, 0.3) is 0 Å². The van der Waals surface area contributed by atoms with E-state index in [2.05, 4.69) is 4.98 Å². The topological polar surface area (TPSA) is 87.6 Å². The number of nitrogens with zero attached hydrogens (tertiary/aromatic N) is 2. The molecule has 0 radical (unpaired) electrons. The molecule has 0 aliphatic rings. The van der Waals surface area contributed by atoms with Gasteiger partial charge in [0.1, 0.15) is 0 Å². The number of para-hydroxylation sites is 1. The van der Waals surface area contributed by atoms with E-state index in [0.717, 1.165) is 15.6 Å². The van der Waals surface area contributed by atoms with Crippen molar-refractivity contribution >= 4 is 33.0 Å². The number of thiazole rings is 1. The smallest absolute Gasteiger partial charge is 0.337 e. The monoisotopic (exact) mass is 312 g/mol. The molecule has 6 nitrogen and oxygen atoms in total. The van der Waals surface area contributed by atoms with Crippen molar-refractivity contribution in [1.82, 2.24) is 4.98 Å². The van der Waals surface area contributed by atoms with E-state index < -0.39 is 16.0 Å². The summed E-state index contributed by atoms with van der Waals surface area (Å²) in [5.74, 6) is -1.18. The molecule has 0 atom stereocenters. The van der Waals surface area contributed by atoms with Crippen molar-refractivity contribution in [1.29, 1.82) is 0 Å². The quantitative estimate of drug-likeness (QED) is 0.932. The number of hydrogen-bond donors (Lipinski definition) is 1. The number of sulfonamides is 1. The normalized spacial score (nSPS) is 11.3. The van der Waals surface area contributed by atoms with Crippen LogP contribution in [0.15, 0.2) is 34.7 Å². The highest BCUT2D eigenvalue weighted by Crippen LogP contribution is 2.28. The molecule has 1 heterocycles. The second-order valence-corrected chi connectivity index (χ2v) is 7.42. The Morgan fingerprint density at radius 1 is 1.35 bits per heavy atom. The SMILES string of the molecule is Cc1ncc(S(=O)(=O)N(C)c2ccccc2C(=O)O)s1. The van der Waals surface area contributed by atoms with Crippen LogP contribution in [0.1, 0.15) is 15.4 Å². The second-order valence-electron chi connectivity index (χ2n) is 3.99. The average molecular weight is 312 g/mol. The van der Waals surface area contributed by atoms with Crippen LogP contribution in [-0.4, -0.2) is 31.5 Å². The highest BCUT2D eigenvalue weighted by molar-refractivity contribution is 7.94. The summed E-state index contributed by atoms with van der Waals surface area (Å²) in [6.45, 7) is 1.70. The van der Waals surface area contributed by atoms with Crippen LogP contribution in [0.4, 0.5) is 5.69 Å². The molecule has 106 valence electrons. The number of carbonyl (C=O) groups is 1. The van der Waals surface area contributed by atoms with Crippen LogP contribution in [0.3, 0.4) is 0 Å². The summed E-state index contributed by atoms with van der Waals surface area (Å²) in [5.41, 5.74) is 0.0471. The van der Waals surface area contributed by atoms with Gasteiger partial charge in [-0.15, -0.1) is 11.3 Å². The van der Waals surface area contributed by atoms with Crippen molar-refractivity contribution in [3.63, 3.8) is 0 Å². The number of aromatic carboxylic acids is 1. The molecule has 0 aliphatic heterocycles. The van der Waals surface area contributed by atoms with Crippen LogP contribution in [0.5, 0.6) is 0 Å². The first kappa shape index (κ1) is 14.5. The molecule has 1 N–H and O–H groups in total. The standard InChI is InChI=1S/C12H12N2O4S2/c1-8-13-7-11(19-8)20(17,18)14(2)10-6-4-3-5-9(10)12(15)16/h3-7H,1-2H3,(H,15,16). The first-order valence-electron chi connectivity index (χ1n) is 5.57. The summed E-state index contributed by atoms with van der Waals surface area (Å²) >= 11 is 1.04. The highest BCUT2D eigenvalue weighted by atomic mass is 32.2. The lowest BCUT2D eigenvalue weighted by molar-refractivity contribution is 0.0698. The van der Waals surface area contributed by atoms with E-state index in [1.807, 2.05) is 0 Å². The molecule has 0 aliphatic carbocycles. The predicted molar refractivity (Wildman–Crippen MR) is 75.8 cm³/mol. The first-order valence-corrected chi connectivity index (χ1v) is 7.83. The third kappa shape index (κ3) is 2.52. The predicted octanol–water partition coefficient (Wildman–Crippen LogP) is 1.97. The fraction of sp³-hybridized carbons (Fsp3) is 0.167. The van der Waals surface area contributed by atoms with Crippen molar-refractivity contribution in [2.45, 2.75) is 11.1 Å². The molecule has 0 unspecified atom stereocenters. The van der Waals surface area contributed by atoms with Gasteiger partial charge in [-0.2, -0.15) is 0 Å². The summed E-state index contributed by atoms with van der Waals surface area (Å²) in [5, 5.41) is 9.75. The van der Waals surface area contributed by atoms with Crippen molar-refractivity contribution in [2.75, 3.05) is 11.4 Å². The average Bonchev–Trinajstić information content (AvgIpc) is 2.85. The Bertz CT molecular complexity index is 752. The van der Waals surface area contributed by atoms with Crippen LogP contribution in [0, 0.1) is 6.92 Å². The van der Waals surface area contributed by atoms with Crippen LogP contribution < -0.4 is 4.31 Å². The Morgan fingerprint density at radius 3 is 2.55 bits per heavy atom. The van der Waals surface area contributed by atoms with Gasteiger partial charge in [0.2, 0.25) is 0 Å². The number of carboxylic acids is 1. The minimum absolute atomic E-state index is 0.0696. The number of benzene rings is 1. The molecule has 20 heavy (non-hydrogen) atoms. The summed E-state index contributed by atoms with van der Waals surface area (Å²) < 4.78 is 25.9. The highest BCUT2D eigenvalue weighted by Gasteiger charge is 2.26. The molecule has 2 aromatic rings. The number of aromatic nitrogens is 1. The Morgan fingerprint density at radius 2 is 2.00 bits per heavy atom. The molecule has 0 amide bonds. The van der Waals surface area contributed by atoms with Gasteiger partial charge < -0.3 is 5.11 Å². The van der Waals surface area contributed by atoms with Crippen molar-refractivity contribution in [2.24, 2.45) is 0 Å². The maximum Gasteiger partial charge on any atom is 0.337 e. The van der Waals surface area contributed by atoms with Gasteiger partial charge in [0.25, 0.3) is 10.0 Å². The van der Waals surface area contributed by atoms with E-state index in [1.165, 1.54) is 25.4 Å². The fourth-order valence-electron chi connectivity index (χ4n) is 1.65. The van der Waals surface area contributed by atoms with Crippen LogP contribution in [0.2, 0.25) is 0 Å². The third-order valence-corrected chi connectivity index (χ3v) is 5.81. The minimum Gasteiger partial charge on any atom is -0.478 e. The van der Waals surface area contributed by atoms with E-state index in [-0.39, 0.29) is 15.5 Å². The fourth-order valence-corrected chi connectivity index (χ4v) is 4.15. The molecular weight excluding hydrogens is 300 g/mol. The van der Waals surface area contributed by atoms with E-state index >= 15 is 0 Å². The van der Waals surface area contributed by atoms with Gasteiger partial charge in [0.15, 0.2) is 4.21 Å². The number of rotatable bonds is 4.